The molecule has 0 unspecified atom stereocenters. The van der Waals surface area contributed by atoms with Crippen molar-refractivity contribution in [2.45, 2.75) is 25.7 Å². The van der Waals surface area contributed by atoms with Crippen molar-refractivity contribution in [1.29, 1.82) is 0 Å². The Bertz CT molecular complexity index is 647. The van der Waals surface area contributed by atoms with Gasteiger partial charge in [0.1, 0.15) is 0 Å². The van der Waals surface area contributed by atoms with Crippen LogP contribution in [0.15, 0.2) is 23.1 Å². The zero-order valence-corrected chi connectivity index (χ0v) is 12.2. The lowest BCUT2D eigenvalue weighted by Crippen LogP contribution is -2.09. The Morgan fingerprint density at radius 1 is 1.32 bits per heavy atom. The van der Waals surface area contributed by atoms with Crippen molar-refractivity contribution in [2.75, 3.05) is 6.26 Å². The van der Waals surface area contributed by atoms with Crippen molar-refractivity contribution in [3.63, 3.8) is 0 Å². The summed E-state index contributed by atoms with van der Waals surface area (Å²) in [5.74, 6) is -0.926. The summed E-state index contributed by atoms with van der Waals surface area (Å²) in [7, 11) is 0. The number of carboxylic acids is 1. The fraction of sp³-hybridized carbons (Fsp3) is 0.286. The summed E-state index contributed by atoms with van der Waals surface area (Å²) in [6.07, 6.45) is 1.87. The Kier molecular flexibility index (Phi) is 3.66. The largest absolute Gasteiger partial charge is 0.478 e. The summed E-state index contributed by atoms with van der Waals surface area (Å²) >= 11 is 1.43. The van der Waals surface area contributed by atoms with Crippen LogP contribution in [0.3, 0.4) is 0 Å². The topological polar surface area (TPSA) is 55.1 Å². The van der Waals surface area contributed by atoms with Crippen molar-refractivity contribution in [3.8, 4) is 5.69 Å². The molecule has 1 aromatic heterocycles. The first-order valence-corrected chi connectivity index (χ1v) is 7.13. The van der Waals surface area contributed by atoms with Gasteiger partial charge >= 0.3 is 5.97 Å². The summed E-state index contributed by atoms with van der Waals surface area (Å²) in [6, 6.07) is 5.47. The van der Waals surface area contributed by atoms with Gasteiger partial charge in [0, 0.05) is 10.6 Å². The van der Waals surface area contributed by atoms with Gasteiger partial charge in [-0.15, -0.1) is 11.8 Å². The third kappa shape index (κ3) is 2.26. The molecule has 2 aromatic rings. The van der Waals surface area contributed by atoms with Crippen LogP contribution in [-0.2, 0) is 0 Å². The van der Waals surface area contributed by atoms with Crippen LogP contribution in [0.2, 0.25) is 0 Å². The first-order valence-electron chi connectivity index (χ1n) is 5.90. The molecule has 0 amide bonds. The van der Waals surface area contributed by atoms with Crippen LogP contribution in [0.4, 0.5) is 0 Å². The van der Waals surface area contributed by atoms with Crippen molar-refractivity contribution in [3.05, 3.63) is 40.7 Å². The minimum absolute atomic E-state index is 0.306. The number of carboxylic acid groups (broad SMARTS) is 1. The van der Waals surface area contributed by atoms with Gasteiger partial charge in [0.25, 0.3) is 0 Å². The molecule has 4 nitrogen and oxygen atoms in total. The number of benzene rings is 1. The van der Waals surface area contributed by atoms with E-state index in [0.717, 1.165) is 21.8 Å². The molecular formula is C14H16N2O2S. The highest BCUT2D eigenvalue weighted by molar-refractivity contribution is 7.98. The van der Waals surface area contributed by atoms with E-state index in [4.69, 9.17) is 0 Å². The summed E-state index contributed by atoms with van der Waals surface area (Å²) in [5.41, 5.74) is 3.90. The van der Waals surface area contributed by atoms with Gasteiger partial charge in [0.2, 0.25) is 0 Å². The smallest absolute Gasteiger partial charge is 0.339 e. The Labute approximate surface area is 116 Å². The summed E-state index contributed by atoms with van der Waals surface area (Å²) in [5, 5.41) is 13.9. The lowest BCUT2D eigenvalue weighted by molar-refractivity contribution is 0.0693. The molecule has 5 heteroatoms. The molecule has 2 rings (SSSR count). The van der Waals surface area contributed by atoms with E-state index in [0.29, 0.717) is 11.3 Å². The average Bonchev–Trinajstić information content (AvgIpc) is 2.65. The molecule has 0 radical (unpaired) electrons. The molecular weight excluding hydrogens is 260 g/mol. The number of aromatic carboxylic acids is 1. The molecule has 0 spiro atoms. The van der Waals surface area contributed by atoms with Crippen LogP contribution < -0.4 is 0 Å². The summed E-state index contributed by atoms with van der Waals surface area (Å²) in [6.45, 7) is 5.87. The van der Waals surface area contributed by atoms with Gasteiger partial charge < -0.3 is 5.11 Å². The van der Waals surface area contributed by atoms with Crippen LogP contribution in [0.1, 0.15) is 27.3 Å². The van der Waals surface area contributed by atoms with Crippen molar-refractivity contribution in [2.24, 2.45) is 0 Å². The van der Waals surface area contributed by atoms with Crippen LogP contribution in [0, 0.1) is 20.8 Å². The Morgan fingerprint density at radius 3 is 2.47 bits per heavy atom. The van der Waals surface area contributed by atoms with E-state index in [1.807, 2.05) is 39.2 Å². The highest BCUT2D eigenvalue weighted by Crippen LogP contribution is 2.27. The molecule has 1 N–H and O–H groups in total. The number of hydrogen-bond donors (Lipinski definition) is 1. The SMILES string of the molecule is CSc1cccc(-n2nc(C)c(C)c2C)c1C(=O)O. The molecule has 1 heterocycles. The van der Waals surface area contributed by atoms with Gasteiger partial charge in [-0.05, 0) is 44.7 Å². The standard InChI is InChI=1S/C14H16N2O2S/c1-8-9(2)15-16(10(8)3)11-6-5-7-12(19-4)13(11)14(17)18/h5-7H,1-4H3,(H,17,18). The molecule has 0 bridgehead atoms. The second kappa shape index (κ2) is 5.09. The predicted molar refractivity (Wildman–Crippen MR) is 76.5 cm³/mol. The van der Waals surface area contributed by atoms with Crippen LogP contribution in [0.5, 0.6) is 0 Å². The highest BCUT2D eigenvalue weighted by Gasteiger charge is 2.19. The maximum absolute atomic E-state index is 11.5. The molecule has 0 aliphatic carbocycles. The predicted octanol–water partition coefficient (Wildman–Crippen LogP) is 3.22. The third-order valence-electron chi connectivity index (χ3n) is 3.32. The number of aromatic nitrogens is 2. The third-order valence-corrected chi connectivity index (χ3v) is 4.10. The summed E-state index contributed by atoms with van der Waals surface area (Å²) in [4.78, 5) is 12.3. The van der Waals surface area contributed by atoms with Crippen molar-refractivity contribution >= 4 is 17.7 Å². The molecule has 0 aliphatic rings. The molecule has 0 saturated heterocycles. The lowest BCUT2D eigenvalue weighted by atomic mass is 10.1. The van der Waals surface area contributed by atoms with Crippen molar-refractivity contribution in [1.82, 2.24) is 9.78 Å². The molecule has 1 aromatic carbocycles. The first kappa shape index (κ1) is 13.7. The quantitative estimate of drug-likeness (QED) is 0.875. The van der Waals surface area contributed by atoms with E-state index < -0.39 is 5.97 Å². The van der Waals surface area contributed by atoms with E-state index in [-0.39, 0.29) is 0 Å². The lowest BCUT2D eigenvalue weighted by Gasteiger charge is -2.11. The molecule has 100 valence electrons. The van der Waals surface area contributed by atoms with E-state index in [1.165, 1.54) is 11.8 Å². The minimum atomic E-state index is -0.926. The first-order chi connectivity index (χ1) is 8.97. The van der Waals surface area contributed by atoms with E-state index >= 15 is 0 Å². The number of rotatable bonds is 3. The molecule has 0 aliphatic heterocycles. The van der Waals surface area contributed by atoms with E-state index in [1.54, 1.807) is 10.7 Å². The van der Waals surface area contributed by atoms with Crippen LogP contribution in [0.25, 0.3) is 5.69 Å². The van der Waals surface area contributed by atoms with Gasteiger partial charge in [0.05, 0.1) is 16.9 Å². The summed E-state index contributed by atoms with van der Waals surface area (Å²) < 4.78 is 1.72. The molecule has 0 atom stereocenters. The second-order valence-electron chi connectivity index (χ2n) is 4.37. The maximum atomic E-state index is 11.5. The fourth-order valence-electron chi connectivity index (χ4n) is 2.04. The molecule has 0 saturated carbocycles. The van der Waals surface area contributed by atoms with Gasteiger partial charge in [-0.25, -0.2) is 9.48 Å². The molecule has 19 heavy (non-hydrogen) atoms. The van der Waals surface area contributed by atoms with Gasteiger partial charge in [0.15, 0.2) is 0 Å². The number of aryl methyl sites for hydroxylation is 1. The number of hydrogen-bond acceptors (Lipinski definition) is 3. The Hall–Kier alpha value is -1.75. The van der Waals surface area contributed by atoms with E-state index in [2.05, 4.69) is 5.10 Å². The highest BCUT2D eigenvalue weighted by atomic mass is 32.2. The number of thioether (sulfide) groups is 1. The van der Waals surface area contributed by atoms with Gasteiger partial charge in [-0.3, -0.25) is 0 Å². The molecule has 0 fully saturated rings. The van der Waals surface area contributed by atoms with Gasteiger partial charge in [-0.1, -0.05) is 6.07 Å². The van der Waals surface area contributed by atoms with Crippen LogP contribution in [-0.4, -0.2) is 27.1 Å². The fourth-order valence-corrected chi connectivity index (χ4v) is 2.65. The average molecular weight is 276 g/mol. The Balaban J connectivity index is 2.75. The van der Waals surface area contributed by atoms with Gasteiger partial charge in [-0.2, -0.15) is 5.10 Å². The zero-order chi connectivity index (χ0) is 14.2. The monoisotopic (exact) mass is 276 g/mol. The number of nitrogens with zero attached hydrogens (tertiary/aromatic N) is 2. The maximum Gasteiger partial charge on any atom is 0.339 e. The van der Waals surface area contributed by atoms with Crippen molar-refractivity contribution < 1.29 is 9.90 Å². The minimum Gasteiger partial charge on any atom is -0.478 e. The normalized spacial score (nSPS) is 10.7. The Morgan fingerprint density at radius 2 is 2.00 bits per heavy atom. The second-order valence-corrected chi connectivity index (χ2v) is 5.22. The van der Waals surface area contributed by atoms with E-state index in [9.17, 15) is 9.90 Å². The number of carbonyl (C=O) groups is 1. The zero-order valence-electron chi connectivity index (χ0n) is 11.4. The van der Waals surface area contributed by atoms with Crippen LogP contribution >= 0.6 is 11.8 Å².